The molecule has 1 heterocycles. The first-order valence-electron chi connectivity index (χ1n) is 4.95. The van der Waals surface area contributed by atoms with Gasteiger partial charge in [-0.05, 0) is 18.4 Å². The minimum absolute atomic E-state index is 0.191. The number of fused-ring (bicyclic) bond motifs is 1. The van der Waals surface area contributed by atoms with Crippen LogP contribution in [0.15, 0.2) is 24.3 Å². The first kappa shape index (κ1) is 10.4. The molecule has 3 nitrogen and oxygen atoms in total. The van der Waals surface area contributed by atoms with E-state index in [1.54, 1.807) is 11.8 Å². The Morgan fingerprint density at radius 1 is 1.53 bits per heavy atom. The highest BCUT2D eigenvalue weighted by atomic mass is 32.2. The molecule has 0 bridgehead atoms. The molecule has 4 heteroatoms. The number of carbonyl (C=O) groups excluding carboxylic acids is 1. The van der Waals surface area contributed by atoms with Gasteiger partial charge in [-0.25, -0.2) is 0 Å². The third-order valence-electron chi connectivity index (χ3n) is 2.41. The van der Waals surface area contributed by atoms with E-state index in [0.29, 0.717) is 5.75 Å². The molecule has 0 aromatic heterocycles. The van der Waals surface area contributed by atoms with E-state index in [1.165, 1.54) is 0 Å². The van der Waals surface area contributed by atoms with Crippen LogP contribution in [-0.2, 0) is 4.79 Å². The van der Waals surface area contributed by atoms with Crippen molar-refractivity contribution in [3.63, 3.8) is 0 Å². The Hall–Kier alpha value is -1.16. The number of anilines is 2. The van der Waals surface area contributed by atoms with Gasteiger partial charge in [-0.15, -0.1) is 0 Å². The van der Waals surface area contributed by atoms with Gasteiger partial charge >= 0.3 is 0 Å². The Bertz CT molecular complexity index is 367. The number of thioether (sulfide) groups is 1. The van der Waals surface area contributed by atoms with Crippen molar-refractivity contribution in [1.29, 1.82) is 0 Å². The number of carbonyl (C=O) groups is 1. The Kier molecular flexibility index (Phi) is 3.16. The minimum atomic E-state index is 0.191. The molecular formula is C11H14N2OS. The quantitative estimate of drug-likeness (QED) is 0.828. The molecule has 0 fully saturated rings. The summed E-state index contributed by atoms with van der Waals surface area (Å²) < 4.78 is 0. The van der Waals surface area contributed by atoms with Gasteiger partial charge in [0.2, 0.25) is 5.91 Å². The summed E-state index contributed by atoms with van der Waals surface area (Å²) in [6.07, 6.45) is 1.95. The average Bonchev–Trinajstić information content (AvgIpc) is 2.28. The first-order chi connectivity index (χ1) is 7.33. The van der Waals surface area contributed by atoms with Crippen molar-refractivity contribution in [1.82, 2.24) is 0 Å². The highest BCUT2D eigenvalue weighted by Crippen LogP contribution is 2.28. The van der Waals surface area contributed by atoms with Crippen molar-refractivity contribution >= 4 is 29.0 Å². The van der Waals surface area contributed by atoms with Gasteiger partial charge in [0.05, 0.1) is 17.1 Å². The van der Waals surface area contributed by atoms with Crippen molar-refractivity contribution in [3.8, 4) is 0 Å². The third kappa shape index (κ3) is 2.09. The predicted molar refractivity (Wildman–Crippen MR) is 65.7 cm³/mol. The van der Waals surface area contributed by atoms with Gasteiger partial charge < -0.3 is 10.2 Å². The van der Waals surface area contributed by atoms with Crippen molar-refractivity contribution < 1.29 is 4.79 Å². The van der Waals surface area contributed by atoms with Crippen LogP contribution in [0.3, 0.4) is 0 Å². The summed E-state index contributed by atoms with van der Waals surface area (Å²) in [6, 6.07) is 7.94. The lowest BCUT2D eigenvalue weighted by molar-refractivity contribution is -0.116. The van der Waals surface area contributed by atoms with E-state index in [9.17, 15) is 4.79 Å². The first-order valence-corrected chi connectivity index (χ1v) is 6.34. The molecule has 1 aliphatic rings. The van der Waals surface area contributed by atoms with Gasteiger partial charge in [0.25, 0.3) is 0 Å². The largest absolute Gasteiger partial charge is 0.382 e. The SMILES string of the molecule is CSCC(=O)N1CCNc2ccccc21. The Labute approximate surface area is 93.8 Å². The van der Waals surface area contributed by atoms with Crippen LogP contribution < -0.4 is 10.2 Å². The maximum absolute atomic E-state index is 11.8. The summed E-state index contributed by atoms with van der Waals surface area (Å²) in [5, 5.41) is 3.29. The van der Waals surface area contributed by atoms with Crippen LogP contribution in [0.4, 0.5) is 11.4 Å². The molecule has 1 aromatic carbocycles. The average molecular weight is 222 g/mol. The minimum Gasteiger partial charge on any atom is -0.382 e. The molecule has 1 N–H and O–H groups in total. The van der Waals surface area contributed by atoms with Crippen LogP contribution in [0.1, 0.15) is 0 Å². The number of hydrogen-bond donors (Lipinski definition) is 1. The molecule has 1 aliphatic heterocycles. The predicted octanol–water partition coefficient (Wildman–Crippen LogP) is 1.81. The molecule has 0 atom stereocenters. The van der Waals surface area contributed by atoms with Gasteiger partial charge in [0, 0.05) is 13.1 Å². The summed E-state index contributed by atoms with van der Waals surface area (Å²) >= 11 is 1.57. The van der Waals surface area contributed by atoms with E-state index in [1.807, 2.05) is 35.4 Å². The highest BCUT2D eigenvalue weighted by molar-refractivity contribution is 7.99. The standard InChI is InChI=1S/C11H14N2OS/c1-15-8-11(14)13-7-6-12-9-4-2-3-5-10(9)13/h2-5,12H,6-8H2,1H3. The lowest BCUT2D eigenvalue weighted by Crippen LogP contribution is -2.39. The molecule has 80 valence electrons. The van der Waals surface area contributed by atoms with Crippen LogP contribution in [0.25, 0.3) is 0 Å². The fraction of sp³-hybridized carbons (Fsp3) is 0.364. The fourth-order valence-corrected chi connectivity index (χ4v) is 2.14. The van der Waals surface area contributed by atoms with Gasteiger partial charge in [0.1, 0.15) is 0 Å². The zero-order valence-corrected chi connectivity index (χ0v) is 9.51. The molecule has 2 rings (SSSR count). The Morgan fingerprint density at radius 3 is 3.13 bits per heavy atom. The summed E-state index contributed by atoms with van der Waals surface area (Å²) in [7, 11) is 0. The fourth-order valence-electron chi connectivity index (χ4n) is 1.74. The molecule has 0 radical (unpaired) electrons. The van der Waals surface area contributed by atoms with Gasteiger partial charge in [-0.3, -0.25) is 4.79 Å². The van der Waals surface area contributed by atoms with Crippen molar-refractivity contribution in [2.75, 3.05) is 35.3 Å². The number of rotatable bonds is 2. The second-order valence-electron chi connectivity index (χ2n) is 3.42. The van der Waals surface area contributed by atoms with Crippen LogP contribution in [0, 0.1) is 0 Å². The molecule has 1 amide bonds. The van der Waals surface area contributed by atoms with Crippen molar-refractivity contribution in [2.24, 2.45) is 0 Å². The summed E-state index contributed by atoms with van der Waals surface area (Å²) in [5.74, 6) is 0.741. The van der Waals surface area contributed by atoms with Crippen LogP contribution in [-0.4, -0.2) is 31.0 Å². The summed E-state index contributed by atoms with van der Waals surface area (Å²) in [4.78, 5) is 13.7. The van der Waals surface area contributed by atoms with Crippen LogP contribution >= 0.6 is 11.8 Å². The maximum Gasteiger partial charge on any atom is 0.237 e. The molecule has 15 heavy (non-hydrogen) atoms. The number of amides is 1. The topological polar surface area (TPSA) is 32.3 Å². The molecule has 0 saturated heterocycles. The molecule has 0 spiro atoms. The van der Waals surface area contributed by atoms with Gasteiger partial charge in [0.15, 0.2) is 0 Å². The van der Waals surface area contributed by atoms with E-state index in [-0.39, 0.29) is 5.91 Å². The lowest BCUT2D eigenvalue weighted by Gasteiger charge is -2.30. The van der Waals surface area contributed by atoms with E-state index >= 15 is 0 Å². The summed E-state index contributed by atoms with van der Waals surface area (Å²) in [5.41, 5.74) is 2.06. The number of benzene rings is 1. The normalized spacial score (nSPS) is 14.3. The van der Waals surface area contributed by atoms with E-state index in [2.05, 4.69) is 5.32 Å². The smallest absolute Gasteiger partial charge is 0.237 e. The number of nitrogens with zero attached hydrogens (tertiary/aromatic N) is 1. The Balaban J connectivity index is 2.25. The molecule has 0 aliphatic carbocycles. The third-order valence-corrected chi connectivity index (χ3v) is 2.95. The molecule has 1 aromatic rings. The lowest BCUT2D eigenvalue weighted by atomic mass is 10.2. The maximum atomic E-state index is 11.8. The van der Waals surface area contributed by atoms with Crippen molar-refractivity contribution in [3.05, 3.63) is 24.3 Å². The van der Waals surface area contributed by atoms with Crippen LogP contribution in [0.2, 0.25) is 0 Å². The van der Waals surface area contributed by atoms with Gasteiger partial charge in [-0.2, -0.15) is 11.8 Å². The van der Waals surface area contributed by atoms with E-state index in [0.717, 1.165) is 24.5 Å². The molecule has 0 unspecified atom stereocenters. The van der Waals surface area contributed by atoms with E-state index < -0.39 is 0 Å². The second kappa shape index (κ2) is 4.57. The van der Waals surface area contributed by atoms with Crippen LogP contribution in [0.5, 0.6) is 0 Å². The number of para-hydroxylation sites is 2. The van der Waals surface area contributed by atoms with Crippen molar-refractivity contribution in [2.45, 2.75) is 0 Å². The number of nitrogens with one attached hydrogen (secondary N) is 1. The monoisotopic (exact) mass is 222 g/mol. The summed E-state index contributed by atoms with van der Waals surface area (Å²) in [6.45, 7) is 1.59. The Morgan fingerprint density at radius 2 is 2.33 bits per heavy atom. The molecular weight excluding hydrogens is 208 g/mol. The zero-order valence-electron chi connectivity index (χ0n) is 8.69. The van der Waals surface area contributed by atoms with E-state index in [4.69, 9.17) is 0 Å². The molecule has 0 saturated carbocycles. The second-order valence-corrected chi connectivity index (χ2v) is 4.29. The number of hydrogen-bond acceptors (Lipinski definition) is 3. The zero-order chi connectivity index (χ0) is 10.7. The highest BCUT2D eigenvalue weighted by Gasteiger charge is 2.20. The van der Waals surface area contributed by atoms with Gasteiger partial charge in [-0.1, -0.05) is 12.1 Å².